The van der Waals surface area contributed by atoms with E-state index in [9.17, 15) is 9.59 Å². The van der Waals surface area contributed by atoms with Crippen LogP contribution in [0.5, 0.6) is 0 Å². The third-order valence-electron chi connectivity index (χ3n) is 5.54. The summed E-state index contributed by atoms with van der Waals surface area (Å²) in [5.74, 6) is -0.199. The van der Waals surface area contributed by atoms with Crippen LogP contribution < -0.4 is 0 Å². The van der Waals surface area contributed by atoms with Crippen molar-refractivity contribution < 1.29 is 9.59 Å². The molecule has 1 saturated heterocycles. The lowest BCUT2D eigenvalue weighted by Crippen LogP contribution is -2.60. The number of nitrogens with zero attached hydrogens (tertiary/aromatic N) is 3. The number of aromatic nitrogens is 1. The molecule has 0 aliphatic carbocycles. The number of amides is 2. The zero-order chi connectivity index (χ0) is 19.3. The fraction of sp³-hybridized carbons (Fsp3) is 0.227. The molecule has 1 atom stereocenters. The molecule has 140 valence electrons. The third kappa shape index (κ3) is 2.69. The number of fused-ring (bicyclic) bond motifs is 4. The molecule has 2 aliphatic heterocycles. The Kier molecular flexibility index (Phi) is 3.79. The second-order valence-electron chi connectivity index (χ2n) is 7.42. The molecule has 5 rings (SSSR count). The number of hydrogen-bond donors (Lipinski definition) is 1. The molecule has 1 fully saturated rings. The number of rotatable bonds is 2. The molecule has 28 heavy (non-hydrogen) atoms. The predicted molar refractivity (Wildman–Crippen MR) is 107 cm³/mol. The van der Waals surface area contributed by atoms with Crippen LogP contribution in [0.2, 0.25) is 0 Å². The smallest absolute Gasteiger partial charge is 0.266 e. The number of para-hydroxylation sites is 1. The van der Waals surface area contributed by atoms with Gasteiger partial charge in [-0.15, -0.1) is 0 Å². The Bertz CT molecular complexity index is 1130. The number of carbonyl (C=O) groups excluding carboxylic acids is 2. The molecule has 6 heteroatoms. The molecule has 0 unspecified atom stereocenters. The molecule has 0 saturated carbocycles. The maximum Gasteiger partial charge on any atom is 0.266 e. The summed E-state index contributed by atoms with van der Waals surface area (Å²) in [6.07, 6.45) is 2.16. The number of benzene rings is 2. The van der Waals surface area contributed by atoms with E-state index in [1.165, 1.54) is 5.01 Å². The highest BCUT2D eigenvalue weighted by Gasteiger charge is 2.43. The van der Waals surface area contributed by atoms with E-state index in [1.54, 1.807) is 11.1 Å². The van der Waals surface area contributed by atoms with E-state index < -0.39 is 6.04 Å². The topological polar surface area (TPSA) is 68.8 Å². The van der Waals surface area contributed by atoms with Gasteiger partial charge in [0.2, 0.25) is 5.91 Å². The van der Waals surface area contributed by atoms with Crippen molar-refractivity contribution >= 4 is 28.9 Å². The summed E-state index contributed by atoms with van der Waals surface area (Å²) >= 11 is 0. The number of carbonyl (C=O) groups is 2. The monoisotopic (exact) mass is 372 g/mol. The second-order valence-corrected chi connectivity index (χ2v) is 7.42. The molecular weight excluding hydrogens is 352 g/mol. The van der Waals surface area contributed by atoms with E-state index in [2.05, 4.69) is 16.2 Å². The van der Waals surface area contributed by atoms with Crippen LogP contribution in [0.25, 0.3) is 10.9 Å². The van der Waals surface area contributed by atoms with Gasteiger partial charge in [-0.05, 0) is 24.1 Å². The maximum absolute atomic E-state index is 13.1. The van der Waals surface area contributed by atoms with Gasteiger partial charge in [0.05, 0.1) is 12.8 Å². The molecule has 0 bridgehead atoms. The van der Waals surface area contributed by atoms with Crippen LogP contribution in [0.3, 0.4) is 0 Å². The molecule has 3 heterocycles. The zero-order valence-corrected chi connectivity index (χ0v) is 15.6. The summed E-state index contributed by atoms with van der Waals surface area (Å²) in [6.45, 7) is 2.42. The van der Waals surface area contributed by atoms with Crippen LogP contribution in [0.15, 0.2) is 53.6 Å². The Hall–Kier alpha value is -3.41. The van der Waals surface area contributed by atoms with Gasteiger partial charge in [-0.3, -0.25) is 9.59 Å². The summed E-state index contributed by atoms with van der Waals surface area (Å²) in [6, 6.07) is 15.4. The van der Waals surface area contributed by atoms with E-state index in [1.807, 2.05) is 49.4 Å². The van der Waals surface area contributed by atoms with Crippen molar-refractivity contribution in [3.63, 3.8) is 0 Å². The van der Waals surface area contributed by atoms with Crippen molar-refractivity contribution in [1.29, 1.82) is 0 Å². The summed E-state index contributed by atoms with van der Waals surface area (Å²) in [4.78, 5) is 30.9. The van der Waals surface area contributed by atoms with Crippen LogP contribution in [0.4, 0.5) is 0 Å². The Morgan fingerprint density at radius 2 is 1.96 bits per heavy atom. The molecule has 6 nitrogen and oxygen atoms in total. The van der Waals surface area contributed by atoms with E-state index in [-0.39, 0.29) is 18.4 Å². The quantitative estimate of drug-likeness (QED) is 0.703. The van der Waals surface area contributed by atoms with Gasteiger partial charge in [-0.25, -0.2) is 5.01 Å². The molecular formula is C22H20N4O2. The van der Waals surface area contributed by atoms with Crippen molar-refractivity contribution in [3.05, 3.63) is 70.9 Å². The van der Waals surface area contributed by atoms with Crippen molar-refractivity contribution in [1.82, 2.24) is 14.9 Å². The average Bonchev–Trinajstić information content (AvgIpc) is 3.06. The number of hydrogen-bond acceptors (Lipinski definition) is 3. The fourth-order valence-corrected chi connectivity index (χ4v) is 4.14. The number of nitrogens with one attached hydrogen (secondary N) is 1. The van der Waals surface area contributed by atoms with Gasteiger partial charge in [0, 0.05) is 23.0 Å². The van der Waals surface area contributed by atoms with Gasteiger partial charge in [-0.1, -0.05) is 48.0 Å². The van der Waals surface area contributed by atoms with E-state index >= 15 is 0 Å². The number of hydrazone groups is 1. The molecule has 2 amide bonds. The van der Waals surface area contributed by atoms with E-state index in [0.717, 1.165) is 33.3 Å². The minimum Gasteiger partial charge on any atom is -0.357 e. The lowest BCUT2D eigenvalue weighted by molar-refractivity contribution is -0.157. The van der Waals surface area contributed by atoms with Gasteiger partial charge in [-0.2, -0.15) is 5.10 Å². The highest BCUT2D eigenvalue weighted by atomic mass is 16.2. The molecule has 1 aromatic heterocycles. The minimum absolute atomic E-state index is 0.0206. The van der Waals surface area contributed by atoms with E-state index in [0.29, 0.717) is 13.0 Å². The fourth-order valence-electron chi connectivity index (χ4n) is 4.14. The van der Waals surface area contributed by atoms with Gasteiger partial charge < -0.3 is 9.88 Å². The highest BCUT2D eigenvalue weighted by molar-refractivity contribution is 5.97. The third-order valence-corrected chi connectivity index (χ3v) is 5.54. The molecule has 0 spiro atoms. The van der Waals surface area contributed by atoms with Crippen LogP contribution in [-0.4, -0.2) is 45.5 Å². The normalized spacial score (nSPS) is 19.4. The zero-order valence-electron chi connectivity index (χ0n) is 15.6. The van der Waals surface area contributed by atoms with Gasteiger partial charge in [0.15, 0.2) is 0 Å². The van der Waals surface area contributed by atoms with Crippen LogP contribution in [0.1, 0.15) is 22.4 Å². The van der Waals surface area contributed by atoms with Gasteiger partial charge >= 0.3 is 0 Å². The molecule has 1 N–H and O–H groups in total. The number of aromatic amines is 1. The number of H-pyrrole nitrogens is 1. The van der Waals surface area contributed by atoms with Crippen molar-refractivity contribution in [2.75, 3.05) is 6.54 Å². The number of piperazine rings is 1. The first-order valence-corrected chi connectivity index (χ1v) is 9.40. The highest BCUT2D eigenvalue weighted by Crippen LogP contribution is 2.32. The first-order chi connectivity index (χ1) is 13.6. The van der Waals surface area contributed by atoms with Crippen molar-refractivity contribution in [2.45, 2.75) is 25.9 Å². The van der Waals surface area contributed by atoms with E-state index in [4.69, 9.17) is 0 Å². The Morgan fingerprint density at radius 1 is 1.11 bits per heavy atom. The first kappa shape index (κ1) is 16.7. The van der Waals surface area contributed by atoms with Crippen LogP contribution in [-0.2, 0) is 22.6 Å². The maximum atomic E-state index is 13.1. The molecule has 3 aromatic rings. The van der Waals surface area contributed by atoms with Crippen molar-refractivity contribution in [3.8, 4) is 0 Å². The predicted octanol–water partition coefficient (Wildman–Crippen LogP) is 2.61. The van der Waals surface area contributed by atoms with Gasteiger partial charge in [0.1, 0.15) is 12.6 Å². The summed E-state index contributed by atoms with van der Waals surface area (Å²) < 4.78 is 0. The summed E-state index contributed by atoms with van der Waals surface area (Å²) in [5, 5.41) is 6.76. The molecule has 2 aliphatic rings. The minimum atomic E-state index is -0.498. The van der Waals surface area contributed by atoms with Crippen LogP contribution in [0, 0.1) is 6.92 Å². The largest absolute Gasteiger partial charge is 0.357 e. The first-order valence-electron chi connectivity index (χ1n) is 9.40. The lowest BCUT2D eigenvalue weighted by Gasteiger charge is -2.40. The van der Waals surface area contributed by atoms with Gasteiger partial charge in [0.25, 0.3) is 5.91 Å². The summed E-state index contributed by atoms with van der Waals surface area (Å²) in [7, 11) is 0. The molecule has 0 radical (unpaired) electrons. The Morgan fingerprint density at radius 3 is 2.82 bits per heavy atom. The second kappa shape index (κ2) is 6.34. The SMILES string of the molecule is Cc1cccc(C=NN2CC(=O)N3Cc4[nH]c5ccccc5c4C[C@H]3C2=O)c1. The average molecular weight is 372 g/mol. The standard InChI is InChI=1S/C22H20N4O2/c1-14-5-4-6-15(9-14)11-23-26-13-21(27)25-12-19-17(10-20(25)22(26)28)16-7-2-3-8-18(16)24-19/h2-9,11,20,24H,10,12-13H2,1H3/t20-/m0/s1. The Labute approximate surface area is 162 Å². The van der Waals surface area contributed by atoms with Crippen molar-refractivity contribution in [2.24, 2.45) is 5.10 Å². The van der Waals surface area contributed by atoms with Crippen LogP contribution >= 0.6 is 0 Å². The Balaban J connectivity index is 1.45. The molecule has 2 aromatic carbocycles. The summed E-state index contributed by atoms with van der Waals surface area (Å²) in [5.41, 5.74) is 5.22. The number of aryl methyl sites for hydroxylation is 1. The lowest BCUT2D eigenvalue weighted by atomic mass is 9.94.